The number of rotatable bonds is 0. The fourth-order valence-corrected chi connectivity index (χ4v) is 0. The van der Waals surface area contributed by atoms with Crippen LogP contribution in [0, 0.1) is 0 Å². The normalized spacial score (nSPS) is 20.2. The van der Waals surface area contributed by atoms with E-state index in [1.165, 1.54) is 0 Å². The topological polar surface area (TPSA) is 0 Å². The summed E-state index contributed by atoms with van der Waals surface area (Å²) in [6.07, 6.45) is -4.74. The number of hydrogen-bond acceptors (Lipinski definition) is 0. The van der Waals surface area contributed by atoms with Gasteiger partial charge in [0.25, 0.3) is 3.68 Å². The molecule has 0 aromatic carbocycles. The van der Waals surface area contributed by atoms with Crippen LogP contribution in [0.4, 0.5) is 17.6 Å². The van der Waals surface area contributed by atoms with Gasteiger partial charge < -0.3 is 0 Å². The van der Waals surface area contributed by atoms with Crippen LogP contribution < -0.4 is 0 Å². The minimum atomic E-state index is -4.74. The zero-order valence-electron chi connectivity index (χ0n) is 3.89. The molecule has 0 aliphatic carbocycles. The first-order valence-electron chi connectivity index (χ1n) is 1.69. The van der Waals surface area contributed by atoms with Gasteiger partial charge in [0, 0.05) is 0 Å². The van der Waals surface area contributed by atoms with Crippen molar-refractivity contribution in [1.82, 2.24) is 0 Å². The van der Waals surface area contributed by atoms with Gasteiger partial charge in [0.05, 0.1) is 0 Å². The molecule has 50 valence electrons. The van der Waals surface area contributed by atoms with Crippen molar-refractivity contribution in [3.8, 4) is 0 Å². The van der Waals surface area contributed by atoms with E-state index in [9.17, 15) is 17.6 Å². The summed E-state index contributed by atoms with van der Waals surface area (Å²) < 4.78 is 42.2. The highest BCUT2D eigenvalue weighted by Crippen LogP contribution is 2.38. The summed E-state index contributed by atoms with van der Waals surface area (Å²) in [5, 5.41) is 0. The maximum absolute atomic E-state index is 11.8. The lowest BCUT2D eigenvalue weighted by Gasteiger charge is -2.15. The van der Waals surface area contributed by atoms with Gasteiger partial charge in [-0.2, -0.15) is 13.2 Å². The predicted octanol–water partition coefficient (Wildman–Crippen LogP) is 2.67. The predicted molar refractivity (Wildman–Crippen MR) is 29.6 cm³/mol. The van der Waals surface area contributed by atoms with Crippen LogP contribution in [0.1, 0.15) is 6.92 Å². The van der Waals surface area contributed by atoms with Crippen LogP contribution in [-0.4, -0.2) is 9.85 Å². The second-order valence-electron chi connectivity index (χ2n) is 1.39. The van der Waals surface area contributed by atoms with E-state index in [0.717, 1.165) is 0 Å². The molecule has 5 heteroatoms. The molecule has 8 heavy (non-hydrogen) atoms. The van der Waals surface area contributed by atoms with Crippen LogP contribution in [0.25, 0.3) is 0 Å². The Morgan fingerprint density at radius 1 is 1.12 bits per heavy atom. The molecule has 0 aromatic rings. The molecule has 0 aliphatic rings. The SMILES string of the molecule is CC(F)(I)C(F)(F)F. The van der Waals surface area contributed by atoms with Crippen molar-refractivity contribution in [2.75, 3.05) is 0 Å². The third-order valence-corrected chi connectivity index (χ3v) is 1.11. The van der Waals surface area contributed by atoms with E-state index in [1.807, 2.05) is 0 Å². The maximum Gasteiger partial charge on any atom is 0.431 e. The smallest absolute Gasteiger partial charge is 0.223 e. The summed E-state index contributed by atoms with van der Waals surface area (Å²) in [5.41, 5.74) is 0. The lowest BCUT2D eigenvalue weighted by molar-refractivity contribution is -0.181. The van der Waals surface area contributed by atoms with Crippen molar-refractivity contribution in [2.24, 2.45) is 0 Å². The molecule has 0 aliphatic heterocycles. The summed E-state index contributed by atoms with van der Waals surface area (Å²) >= 11 is 0.692. The highest BCUT2D eigenvalue weighted by atomic mass is 127. The van der Waals surface area contributed by atoms with Crippen molar-refractivity contribution in [1.29, 1.82) is 0 Å². The molecule has 0 nitrogen and oxygen atoms in total. The maximum atomic E-state index is 11.8. The third kappa shape index (κ3) is 2.15. The molecule has 0 radical (unpaired) electrons. The first-order valence-corrected chi connectivity index (χ1v) is 2.77. The van der Waals surface area contributed by atoms with E-state index in [2.05, 4.69) is 0 Å². The Morgan fingerprint density at radius 2 is 1.25 bits per heavy atom. The van der Waals surface area contributed by atoms with Crippen molar-refractivity contribution in [3.05, 3.63) is 0 Å². The summed E-state index contributed by atoms with van der Waals surface area (Å²) in [5.74, 6) is 0. The van der Waals surface area contributed by atoms with Crippen molar-refractivity contribution >= 4 is 22.6 Å². The Morgan fingerprint density at radius 3 is 1.25 bits per heavy atom. The number of hydrogen-bond donors (Lipinski definition) is 0. The van der Waals surface area contributed by atoms with Gasteiger partial charge in [-0.15, -0.1) is 0 Å². The lowest BCUT2D eigenvalue weighted by Crippen LogP contribution is -2.30. The average molecular weight is 242 g/mol. The van der Waals surface area contributed by atoms with Gasteiger partial charge in [0.1, 0.15) is 0 Å². The Hall–Kier alpha value is 0.450. The molecule has 0 amide bonds. The fraction of sp³-hybridized carbons (Fsp3) is 1.00. The molecule has 0 saturated heterocycles. The lowest BCUT2D eigenvalue weighted by atomic mass is 10.4. The van der Waals surface area contributed by atoms with Crippen LogP contribution in [0.5, 0.6) is 0 Å². The van der Waals surface area contributed by atoms with E-state index in [1.54, 1.807) is 0 Å². The molecule has 0 bridgehead atoms. The minimum absolute atomic E-state index is 0.466. The van der Waals surface area contributed by atoms with Crippen molar-refractivity contribution in [2.45, 2.75) is 16.8 Å². The van der Waals surface area contributed by atoms with Crippen LogP contribution in [0.3, 0.4) is 0 Å². The first-order chi connectivity index (χ1) is 3.25. The third-order valence-electron chi connectivity index (χ3n) is 0.498. The zero-order chi connectivity index (χ0) is 7.00. The summed E-state index contributed by atoms with van der Waals surface area (Å²) in [6, 6.07) is 0. The molecule has 0 aromatic heterocycles. The van der Waals surface area contributed by atoms with E-state index in [0.29, 0.717) is 29.5 Å². The Bertz CT molecular complexity index is 66.3. The standard InChI is InChI=1S/C3H3F4I/c1-2(4,8)3(5,6)7/h1H3. The minimum Gasteiger partial charge on any atom is -0.223 e. The first kappa shape index (κ1) is 8.45. The Balaban J connectivity index is 4.02. The molecule has 0 spiro atoms. The molecule has 0 rings (SSSR count). The molecular weight excluding hydrogens is 239 g/mol. The highest BCUT2D eigenvalue weighted by molar-refractivity contribution is 14.1. The van der Waals surface area contributed by atoms with Gasteiger partial charge in [-0.3, -0.25) is 0 Å². The van der Waals surface area contributed by atoms with E-state index in [4.69, 9.17) is 0 Å². The Labute approximate surface area is 57.4 Å². The van der Waals surface area contributed by atoms with Crippen LogP contribution in [0.2, 0.25) is 0 Å². The van der Waals surface area contributed by atoms with Gasteiger partial charge >= 0.3 is 6.18 Å². The number of alkyl halides is 5. The van der Waals surface area contributed by atoms with Gasteiger partial charge in [0.15, 0.2) is 0 Å². The summed E-state index contributed by atoms with van der Waals surface area (Å²) in [6.45, 7) is 0.466. The van der Waals surface area contributed by atoms with Crippen molar-refractivity contribution < 1.29 is 17.6 Å². The van der Waals surface area contributed by atoms with E-state index in [-0.39, 0.29) is 0 Å². The second-order valence-corrected chi connectivity index (χ2v) is 3.41. The molecule has 0 N–H and O–H groups in total. The quantitative estimate of drug-likeness (QED) is 0.348. The van der Waals surface area contributed by atoms with Crippen molar-refractivity contribution in [3.63, 3.8) is 0 Å². The molecule has 0 heterocycles. The largest absolute Gasteiger partial charge is 0.431 e. The van der Waals surface area contributed by atoms with E-state index >= 15 is 0 Å². The van der Waals surface area contributed by atoms with Gasteiger partial charge in [0.2, 0.25) is 0 Å². The van der Waals surface area contributed by atoms with Gasteiger partial charge in [-0.05, 0) is 29.5 Å². The summed E-state index contributed by atoms with van der Waals surface area (Å²) in [4.78, 5) is 0. The second kappa shape index (κ2) is 2.00. The zero-order valence-corrected chi connectivity index (χ0v) is 6.05. The van der Waals surface area contributed by atoms with Gasteiger partial charge in [-0.1, -0.05) is 0 Å². The van der Waals surface area contributed by atoms with Crippen LogP contribution in [-0.2, 0) is 0 Å². The summed E-state index contributed by atoms with van der Waals surface area (Å²) in [7, 11) is 0. The molecule has 0 saturated carbocycles. The highest BCUT2D eigenvalue weighted by Gasteiger charge is 2.49. The Kier molecular flexibility index (Phi) is 2.11. The molecule has 0 fully saturated rings. The van der Waals surface area contributed by atoms with E-state index < -0.39 is 9.85 Å². The van der Waals surface area contributed by atoms with Crippen LogP contribution in [0.15, 0.2) is 0 Å². The average Bonchev–Trinajstić information content (AvgIpc) is 1.25. The van der Waals surface area contributed by atoms with Crippen LogP contribution >= 0.6 is 22.6 Å². The molecular formula is C3H3F4I. The number of halogens is 5. The molecule has 1 unspecified atom stereocenters. The van der Waals surface area contributed by atoms with Gasteiger partial charge in [-0.25, -0.2) is 4.39 Å². The fourth-order valence-electron chi connectivity index (χ4n) is 0. The monoisotopic (exact) mass is 242 g/mol. The molecule has 1 atom stereocenters.